The fourth-order valence-electron chi connectivity index (χ4n) is 1.37. The molecule has 2 atom stereocenters. The Morgan fingerprint density at radius 2 is 1.92 bits per heavy atom. The maximum absolute atomic E-state index is 10.8. The summed E-state index contributed by atoms with van der Waals surface area (Å²) in [6, 6.07) is 0. The highest BCUT2D eigenvalue weighted by molar-refractivity contribution is 7.90. The van der Waals surface area contributed by atoms with Crippen molar-refractivity contribution in [3.63, 3.8) is 0 Å². The van der Waals surface area contributed by atoms with Gasteiger partial charge in [0.25, 0.3) is 0 Å². The number of hydrogen-bond acceptors (Lipinski definition) is 2. The smallest absolute Gasteiger partial charge is 0.147 e. The fraction of sp³-hybridized carbons (Fsp3) is 1.00. The second-order valence-corrected chi connectivity index (χ2v) is 6.57. The Labute approximate surface area is 86.6 Å². The summed E-state index contributed by atoms with van der Waals surface area (Å²) >= 11 is 5.94. The molecule has 0 aromatic rings. The van der Waals surface area contributed by atoms with Gasteiger partial charge in [0.15, 0.2) is 0 Å². The minimum atomic E-state index is -2.80. The molecule has 0 amide bonds. The van der Waals surface area contributed by atoms with E-state index in [2.05, 4.69) is 6.92 Å². The van der Waals surface area contributed by atoms with Gasteiger partial charge in [0, 0.05) is 17.4 Å². The number of alkyl halides is 1. The highest BCUT2D eigenvalue weighted by Crippen LogP contribution is 2.20. The van der Waals surface area contributed by atoms with Gasteiger partial charge in [-0.2, -0.15) is 0 Å². The maximum Gasteiger partial charge on any atom is 0.147 e. The van der Waals surface area contributed by atoms with E-state index in [0.29, 0.717) is 5.92 Å². The van der Waals surface area contributed by atoms with Gasteiger partial charge in [-0.25, -0.2) is 8.42 Å². The van der Waals surface area contributed by atoms with Crippen molar-refractivity contribution in [2.45, 2.75) is 38.5 Å². The first-order valence-corrected chi connectivity index (χ1v) is 7.18. The van der Waals surface area contributed by atoms with Crippen LogP contribution in [0.5, 0.6) is 0 Å². The largest absolute Gasteiger partial charge is 0.229 e. The molecule has 13 heavy (non-hydrogen) atoms. The third-order valence-electron chi connectivity index (χ3n) is 2.26. The van der Waals surface area contributed by atoms with Gasteiger partial charge >= 0.3 is 0 Å². The molecule has 0 aliphatic rings. The molecule has 80 valence electrons. The Kier molecular flexibility index (Phi) is 5.97. The molecule has 0 heterocycles. The standard InChI is InChI=1S/C9H19ClO2S/c1-4-9(8(2)10)6-5-7-13(3,11)12/h8-9H,4-7H2,1-3H3. The van der Waals surface area contributed by atoms with Gasteiger partial charge in [-0.1, -0.05) is 13.3 Å². The van der Waals surface area contributed by atoms with Crippen molar-refractivity contribution >= 4 is 21.4 Å². The average molecular weight is 227 g/mol. The van der Waals surface area contributed by atoms with Gasteiger partial charge in [-0.15, -0.1) is 11.6 Å². The van der Waals surface area contributed by atoms with Gasteiger partial charge in [0.2, 0.25) is 0 Å². The normalized spacial score (nSPS) is 16.9. The molecule has 0 fully saturated rings. The quantitative estimate of drug-likeness (QED) is 0.652. The Morgan fingerprint density at radius 3 is 2.23 bits per heavy atom. The third kappa shape index (κ3) is 7.32. The first-order chi connectivity index (χ1) is 5.87. The van der Waals surface area contributed by atoms with Crippen LogP contribution in [-0.2, 0) is 9.84 Å². The Hall–Kier alpha value is 0.240. The van der Waals surface area contributed by atoms with E-state index in [1.807, 2.05) is 6.92 Å². The van der Waals surface area contributed by atoms with E-state index < -0.39 is 9.84 Å². The summed E-state index contributed by atoms with van der Waals surface area (Å²) in [5, 5.41) is 0.143. The van der Waals surface area contributed by atoms with Gasteiger partial charge in [-0.3, -0.25) is 0 Å². The summed E-state index contributed by atoms with van der Waals surface area (Å²) in [6.45, 7) is 4.06. The number of halogens is 1. The summed E-state index contributed by atoms with van der Waals surface area (Å²) < 4.78 is 21.7. The van der Waals surface area contributed by atoms with Crippen LogP contribution in [0.15, 0.2) is 0 Å². The highest BCUT2D eigenvalue weighted by Gasteiger charge is 2.13. The Balaban J connectivity index is 3.74. The van der Waals surface area contributed by atoms with E-state index in [4.69, 9.17) is 11.6 Å². The van der Waals surface area contributed by atoms with Crippen molar-refractivity contribution < 1.29 is 8.42 Å². The summed E-state index contributed by atoms with van der Waals surface area (Å²) in [5.41, 5.74) is 0. The number of sulfone groups is 1. The Bertz CT molecular complexity index is 222. The molecule has 0 aromatic carbocycles. The van der Waals surface area contributed by atoms with Crippen molar-refractivity contribution in [3.8, 4) is 0 Å². The highest BCUT2D eigenvalue weighted by atomic mass is 35.5. The maximum atomic E-state index is 10.8. The molecule has 0 aromatic heterocycles. The molecule has 2 nitrogen and oxygen atoms in total. The molecule has 0 spiro atoms. The monoisotopic (exact) mass is 226 g/mol. The van der Waals surface area contributed by atoms with Crippen LogP contribution < -0.4 is 0 Å². The molecule has 0 aliphatic carbocycles. The van der Waals surface area contributed by atoms with Gasteiger partial charge < -0.3 is 0 Å². The first kappa shape index (κ1) is 13.2. The lowest BCUT2D eigenvalue weighted by molar-refractivity contribution is 0.456. The summed E-state index contributed by atoms with van der Waals surface area (Å²) in [5.74, 6) is 0.732. The predicted molar refractivity (Wildman–Crippen MR) is 58.0 cm³/mol. The molecular formula is C9H19ClO2S. The molecule has 4 heteroatoms. The molecule has 0 rings (SSSR count). The van der Waals surface area contributed by atoms with Crippen molar-refractivity contribution in [3.05, 3.63) is 0 Å². The molecule has 0 saturated carbocycles. The van der Waals surface area contributed by atoms with Gasteiger partial charge in [0.05, 0.1) is 0 Å². The van der Waals surface area contributed by atoms with Gasteiger partial charge in [-0.05, 0) is 25.7 Å². The van der Waals surface area contributed by atoms with E-state index in [1.165, 1.54) is 6.26 Å². The lowest BCUT2D eigenvalue weighted by Gasteiger charge is -2.16. The van der Waals surface area contributed by atoms with Crippen molar-refractivity contribution in [1.82, 2.24) is 0 Å². The predicted octanol–water partition coefficient (Wildman–Crippen LogP) is 2.46. The van der Waals surface area contributed by atoms with Crippen LogP contribution in [0.25, 0.3) is 0 Å². The van der Waals surface area contributed by atoms with Crippen LogP contribution in [0.1, 0.15) is 33.1 Å². The molecule has 2 unspecified atom stereocenters. The second kappa shape index (κ2) is 5.86. The van der Waals surface area contributed by atoms with E-state index in [1.54, 1.807) is 0 Å². The van der Waals surface area contributed by atoms with Crippen LogP contribution in [0, 0.1) is 5.92 Å². The molecule has 0 saturated heterocycles. The molecule has 0 bridgehead atoms. The second-order valence-electron chi connectivity index (χ2n) is 3.62. The van der Waals surface area contributed by atoms with Crippen molar-refractivity contribution in [1.29, 1.82) is 0 Å². The third-order valence-corrected chi connectivity index (χ3v) is 3.65. The van der Waals surface area contributed by atoms with Crippen LogP contribution in [0.4, 0.5) is 0 Å². The van der Waals surface area contributed by atoms with Crippen LogP contribution >= 0.6 is 11.6 Å². The molecule has 0 radical (unpaired) electrons. The number of hydrogen-bond donors (Lipinski definition) is 0. The lowest BCUT2D eigenvalue weighted by Crippen LogP contribution is -2.12. The SMILES string of the molecule is CCC(CCCS(C)(=O)=O)C(C)Cl. The van der Waals surface area contributed by atoms with Crippen molar-refractivity contribution in [2.24, 2.45) is 5.92 Å². The summed E-state index contributed by atoms with van der Waals surface area (Å²) in [7, 11) is -2.80. The zero-order valence-electron chi connectivity index (χ0n) is 8.59. The van der Waals surface area contributed by atoms with Crippen molar-refractivity contribution in [2.75, 3.05) is 12.0 Å². The zero-order chi connectivity index (χ0) is 10.5. The van der Waals surface area contributed by atoms with E-state index >= 15 is 0 Å². The van der Waals surface area contributed by atoms with Crippen LogP contribution in [0.2, 0.25) is 0 Å². The fourth-order valence-corrected chi connectivity index (χ4v) is 2.36. The molecule has 0 N–H and O–H groups in total. The summed E-state index contributed by atoms with van der Waals surface area (Å²) in [6.07, 6.45) is 3.94. The first-order valence-electron chi connectivity index (χ1n) is 4.68. The van der Waals surface area contributed by atoms with E-state index in [-0.39, 0.29) is 11.1 Å². The average Bonchev–Trinajstić information content (AvgIpc) is 1.95. The molecular weight excluding hydrogens is 208 g/mol. The topological polar surface area (TPSA) is 34.1 Å². The van der Waals surface area contributed by atoms with E-state index in [0.717, 1.165) is 19.3 Å². The Morgan fingerprint density at radius 1 is 1.38 bits per heavy atom. The van der Waals surface area contributed by atoms with Crippen LogP contribution in [-0.4, -0.2) is 25.8 Å². The molecule has 0 aliphatic heterocycles. The number of rotatable bonds is 6. The lowest BCUT2D eigenvalue weighted by atomic mass is 9.98. The van der Waals surface area contributed by atoms with E-state index in [9.17, 15) is 8.42 Å². The zero-order valence-corrected chi connectivity index (χ0v) is 10.2. The minimum Gasteiger partial charge on any atom is -0.229 e. The minimum absolute atomic E-state index is 0.143. The van der Waals surface area contributed by atoms with Crippen LogP contribution in [0.3, 0.4) is 0 Å². The van der Waals surface area contributed by atoms with Gasteiger partial charge in [0.1, 0.15) is 9.84 Å². The summed E-state index contributed by atoms with van der Waals surface area (Å²) in [4.78, 5) is 0.